The molecule has 0 aromatic carbocycles. The predicted octanol–water partition coefficient (Wildman–Crippen LogP) is 1.06. The minimum Gasteiger partial charge on any atom is -0.396 e. The third-order valence-corrected chi connectivity index (χ3v) is 3.25. The van der Waals surface area contributed by atoms with Gasteiger partial charge in [0.25, 0.3) is 0 Å². The van der Waals surface area contributed by atoms with Crippen LogP contribution >= 0.6 is 0 Å². The molecule has 2 N–H and O–H groups in total. The Hall–Kier alpha value is -0.160. The zero-order chi connectivity index (χ0) is 12.4. The van der Waals surface area contributed by atoms with Crippen LogP contribution in [0.4, 0.5) is 0 Å². The van der Waals surface area contributed by atoms with Gasteiger partial charge in [0.1, 0.15) is 0 Å². The molecule has 0 aromatic rings. The molecule has 0 fully saturated rings. The smallest absolute Gasteiger partial charge is 0.0700 e. The van der Waals surface area contributed by atoms with Gasteiger partial charge in [0.15, 0.2) is 0 Å². The first kappa shape index (κ1) is 15.8. The van der Waals surface area contributed by atoms with Crippen molar-refractivity contribution < 1.29 is 19.7 Å². The summed E-state index contributed by atoms with van der Waals surface area (Å²) < 4.78 is 10.2. The van der Waals surface area contributed by atoms with E-state index in [1.807, 2.05) is 13.8 Å². The second-order valence-electron chi connectivity index (χ2n) is 4.54. The third kappa shape index (κ3) is 5.25. The Bertz CT molecular complexity index is 155. The van der Waals surface area contributed by atoms with Crippen LogP contribution < -0.4 is 0 Å². The van der Waals surface area contributed by atoms with Crippen LogP contribution in [0.5, 0.6) is 0 Å². The molecule has 0 bridgehead atoms. The Kier molecular flexibility index (Phi) is 8.84. The lowest BCUT2D eigenvalue weighted by Crippen LogP contribution is -2.35. The summed E-state index contributed by atoms with van der Waals surface area (Å²) in [6.45, 7) is 5.96. The van der Waals surface area contributed by atoms with Gasteiger partial charge in [-0.1, -0.05) is 13.8 Å². The molecule has 0 unspecified atom stereocenters. The number of methoxy groups -OCH3 is 1. The molecule has 0 aliphatic carbocycles. The molecule has 0 aliphatic heterocycles. The lowest BCUT2D eigenvalue weighted by Gasteiger charge is -2.34. The Morgan fingerprint density at radius 3 is 2.12 bits per heavy atom. The molecule has 0 spiro atoms. The molecule has 0 heterocycles. The van der Waals surface area contributed by atoms with Crippen LogP contribution in [-0.4, -0.2) is 50.4 Å². The molecule has 0 aromatic heterocycles. The highest BCUT2D eigenvalue weighted by atomic mass is 16.5. The zero-order valence-electron chi connectivity index (χ0n) is 10.7. The maximum absolute atomic E-state index is 9.37. The fraction of sp³-hybridized carbons (Fsp3) is 1.00. The van der Waals surface area contributed by atoms with E-state index in [-0.39, 0.29) is 24.5 Å². The van der Waals surface area contributed by atoms with E-state index in [0.717, 1.165) is 12.8 Å². The fourth-order valence-corrected chi connectivity index (χ4v) is 1.63. The van der Waals surface area contributed by atoms with Crippen molar-refractivity contribution in [3.63, 3.8) is 0 Å². The molecule has 0 aliphatic rings. The first-order valence-corrected chi connectivity index (χ1v) is 5.91. The fourth-order valence-electron chi connectivity index (χ4n) is 1.63. The molecule has 98 valence electrons. The van der Waals surface area contributed by atoms with Crippen LogP contribution in [0.1, 0.15) is 26.7 Å². The highest BCUT2D eigenvalue weighted by Crippen LogP contribution is 2.31. The number of rotatable bonds is 10. The second kappa shape index (κ2) is 8.93. The van der Waals surface area contributed by atoms with Crippen molar-refractivity contribution in [3.05, 3.63) is 0 Å². The van der Waals surface area contributed by atoms with Gasteiger partial charge in [-0.15, -0.1) is 0 Å². The Balaban J connectivity index is 3.77. The van der Waals surface area contributed by atoms with Crippen molar-refractivity contribution in [1.29, 1.82) is 0 Å². The number of hydrogen-bond donors (Lipinski definition) is 2. The average Bonchev–Trinajstić information content (AvgIpc) is 2.28. The summed E-state index contributed by atoms with van der Waals surface area (Å²) in [5.74, 6) is 0.265. The average molecular weight is 234 g/mol. The van der Waals surface area contributed by atoms with E-state index in [0.29, 0.717) is 19.8 Å². The van der Waals surface area contributed by atoms with Gasteiger partial charge >= 0.3 is 0 Å². The maximum Gasteiger partial charge on any atom is 0.0700 e. The van der Waals surface area contributed by atoms with Gasteiger partial charge < -0.3 is 19.7 Å². The highest BCUT2D eigenvalue weighted by Gasteiger charge is 2.31. The maximum atomic E-state index is 9.37. The van der Waals surface area contributed by atoms with Crippen LogP contribution in [-0.2, 0) is 9.47 Å². The first-order chi connectivity index (χ1) is 7.63. The molecule has 16 heavy (non-hydrogen) atoms. The molecule has 4 heteroatoms. The van der Waals surface area contributed by atoms with Gasteiger partial charge in [0.2, 0.25) is 0 Å². The second-order valence-corrected chi connectivity index (χ2v) is 4.54. The minimum atomic E-state index is -0.370. The van der Waals surface area contributed by atoms with Crippen molar-refractivity contribution in [2.75, 3.05) is 40.1 Å². The van der Waals surface area contributed by atoms with E-state index in [9.17, 15) is 10.2 Å². The SMILES string of the molecule is COCCOCCCC(CO)(CO)C(C)C. The summed E-state index contributed by atoms with van der Waals surface area (Å²) in [6.07, 6.45) is 1.63. The predicted molar refractivity (Wildman–Crippen MR) is 63.4 cm³/mol. The van der Waals surface area contributed by atoms with Crippen molar-refractivity contribution in [2.45, 2.75) is 26.7 Å². The summed E-state index contributed by atoms with van der Waals surface area (Å²) >= 11 is 0. The Labute approximate surface area is 98.6 Å². The summed E-state index contributed by atoms with van der Waals surface area (Å²) in [4.78, 5) is 0. The molecule has 0 radical (unpaired) electrons. The van der Waals surface area contributed by atoms with Gasteiger partial charge in [-0.25, -0.2) is 0 Å². The topological polar surface area (TPSA) is 58.9 Å². The van der Waals surface area contributed by atoms with E-state index < -0.39 is 0 Å². The van der Waals surface area contributed by atoms with Gasteiger partial charge in [0, 0.05) is 19.1 Å². The number of ether oxygens (including phenoxy) is 2. The molecule has 0 saturated heterocycles. The molecule has 0 rings (SSSR count). The van der Waals surface area contributed by atoms with Crippen molar-refractivity contribution in [1.82, 2.24) is 0 Å². The van der Waals surface area contributed by atoms with E-state index in [1.54, 1.807) is 7.11 Å². The minimum absolute atomic E-state index is 0.0270. The third-order valence-electron chi connectivity index (χ3n) is 3.25. The van der Waals surface area contributed by atoms with E-state index in [1.165, 1.54) is 0 Å². The van der Waals surface area contributed by atoms with Gasteiger partial charge in [0.05, 0.1) is 26.4 Å². The zero-order valence-corrected chi connectivity index (χ0v) is 10.7. The molecule has 4 nitrogen and oxygen atoms in total. The monoisotopic (exact) mass is 234 g/mol. The summed E-state index contributed by atoms with van der Waals surface area (Å²) in [5, 5.41) is 18.7. The van der Waals surface area contributed by atoms with Crippen LogP contribution in [0.2, 0.25) is 0 Å². The molecule has 0 saturated carbocycles. The van der Waals surface area contributed by atoms with E-state index >= 15 is 0 Å². The lowest BCUT2D eigenvalue weighted by atomic mass is 9.75. The molecular weight excluding hydrogens is 208 g/mol. The first-order valence-electron chi connectivity index (χ1n) is 5.91. The normalized spacial score (nSPS) is 12.4. The Morgan fingerprint density at radius 1 is 1.06 bits per heavy atom. The highest BCUT2D eigenvalue weighted by molar-refractivity contribution is 4.80. The summed E-state index contributed by atoms with van der Waals surface area (Å²) in [6, 6.07) is 0. The van der Waals surface area contributed by atoms with Crippen LogP contribution in [0.25, 0.3) is 0 Å². The Morgan fingerprint density at radius 2 is 1.69 bits per heavy atom. The van der Waals surface area contributed by atoms with Crippen molar-refractivity contribution in [3.8, 4) is 0 Å². The standard InChI is InChI=1S/C12H26O4/c1-11(2)12(9-13,10-14)5-4-6-16-8-7-15-3/h11,13-14H,4-10H2,1-3H3. The van der Waals surface area contributed by atoms with Gasteiger partial charge in [-0.2, -0.15) is 0 Å². The van der Waals surface area contributed by atoms with Gasteiger partial charge in [-0.05, 0) is 18.8 Å². The van der Waals surface area contributed by atoms with Gasteiger partial charge in [-0.3, -0.25) is 0 Å². The molecular formula is C12H26O4. The van der Waals surface area contributed by atoms with Crippen LogP contribution in [0.15, 0.2) is 0 Å². The lowest BCUT2D eigenvalue weighted by molar-refractivity contribution is -0.00227. The molecule has 0 amide bonds. The quantitative estimate of drug-likeness (QED) is 0.555. The number of aliphatic hydroxyl groups excluding tert-OH is 2. The van der Waals surface area contributed by atoms with E-state index in [4.69, 9.17) is 9.47 Å². The van der Waals surface area contributed by atoms with Crippen molar-refractivity contribution >= 4 is 0 Å². The largest absolute Gasteiger partial charge is 0.396 e. The molecule has 0 atom stereocenters. The number of aliphatic hydroxyl groups is 2. The van der Waals surface area contributed by atoms with Crippen LogP contribution in [0.3, 0.4) is 0 Å². The summed E-state index contributed by atoms with van der Waals surface area (Å²) in [7, 11) is 1.64. The van der Waals surface area contributed by atoms with Crippen LogP contribution in [0, 0.1) is 11.3 Å². The number of hydrogen-bond acceptors (Lipinski definition) is 4. The summed E-state index contributed by atoms with van der Waals surface area (Å²) in [5.41, 5.74) is -0.370. The van der Waals surface area contributed by atoms with E-state index in [2.05, 4.69) is 0 Å². The van der Waals surface area contributed by atoms with Crippen molar-refractivity contribution in [2.24, 2.45) is 11.3 Å².